The minimum absolute atomic E-state index is 0.0900. The predicted molar refractivity (Wildman–Crippen MR) is 59.5 cm³/mol. The van der Waals surface area contributed by atoms with E-state index in [4.69, 9.17) is 0 Å². The van der Waals surface area contributed by atoms with Gasteiger partial charge in [0.1, 0.15) is 0 Å². The van der Waals surface area contributed by atoms with Gasteiger partial charge in [-0.2, -0.15) is 0 Å². The van der Waals surface area contributed by atoms with Crippen LogP contribution in [-0.4, -0.2) is 12.8 Å². The fourth-order valence-corrected chi connectivity index (χ4v) is 2.56. The van der Waals surface area contributed by atoms with E-state index in [0.717, 1.165) is 5.03 Å². The van der Waals surface area contributed by atoms with Crippen molar-refractivity contribution in [3.63, 3.8) is 0 Å². The Morgan fingerprint density at radius 1 is 1.43 bits per heavy atom. The molecular formula is C11H11NOS. The molecule has 72 valence electrons. The van der Waals surface area contributed by atoms with Crippen molar-refractivity contribution >= 4 is 23.2 Å². The molecule has 1 heterocycles. The third-order valence-corrected chi connectivity index (χ3v) is 3.26. The fourth-order valence-electron chi connectivity index (χ4n) is 1.42. The van der Waals surface area contributed by atoms with Gasteiger partial charge in [0.25, 0.3) is 0 Å². The largest absolute Gasteiger partial charge is 0.338 e. The summed E-state index contributed by atoms with van der Waals surface area (Å²) in [5, 5.41) is 0.999. The van der Waals surface area contributed by atoms with Crippen molar-refractivity contribution in [2.24, 2.45) is 0 Å². The van der Waals surface area contributed by atoms with Gasteiger partial charge < -0.3 is 4.90 Å². The van der Waals surface area contributed by atoms with Crippen LogP contribution in [-0.2, 0) is 4.79 Å². The van der Waals surface area contributed by atoms with Crippen LogP contribution in [0.2, 0.25) is 0 Å². The van der Waals surface area contributed by atoms with Crippen molar-refractivity contribution < 1.29 is 4.79 Å². The lowest BCUT2D eigenvalue weighted by Gasteiger charge is -2.12. The first kappa shape index (κ1) is 9.34. The normalized spacial score (nSPS) is 17.3. The van der Waals surface area contributed by atoms with Crippen LogP contribution in [0.4, 0.5) is 5.69 Å². The van der Waals surface area contributed by atoms with Gasteiger partial charge >= 0.3 is 0 Å². The first-order valence-corrected chi connectivity index (χ1v) is 5.23. The molecule has 0 amide bonds. The minimum atomic E-state index is 0.0900. The highest BCUT2D eigenvalue weighted by atomic mass is 32.2. The molecule has 0 bridgehead atoms. The number of hydrogen-bond acceptors (Lipinski definition) is 3. The number of fused-ring (bicyclic) bond motifs is 1. The molecule has 0 unspecified atom stereocenters. The van der Waals surface area contributed by atoms with Crippen molar-refractivity contribution in [3.8, 4) is 0 Å². The first-order valence-electron chi connectivity index (χ1n) is 4.41. The maximum Gasteiger partial charge on any atom is 0.155 e. The van der Waals surface area contributed by atoms with Crippen molar-refractivity contribution in [2.75, 3.05) is 11.9 Å². The lowest BCUT2D eigenvalue weighted by molar-refractivity contribution is -0.112. The van der Waals surface area contributed by atoms with Crippen LogP contribution in [0.5, 0.6) is 0 Å². The third kappa shape index (κ3) is 1.55. The van der Waals surface area contributed by atoms with Crippen molar-refractivity contribution in [1.82, 2.24) is 0 Å². The van der Waals surface area contributed by atoms with Crippen LogP contribution in [0.15, 0.2) is 40.3 Å². The molecule has 0 spiro atoms. The Kier molecular flexibility index (Phi) is 2.33. The first-order chi connectivity index (χ1) is 6.68. The summed E-state index contributed by atoms with van der Waals surface area (Å²) in [6.45, 7) is 1.57. The third-order valence-electron chi connectivity index (χ3n) is 2.10. The second-order valence-corrected chi connectivity index (χ2v) is 4.28. The number of carbonyl (C=O) groups is 1. The molecule has 0 aromatic heterocycles. The van der Waals surface area contributed by atoms with E-state index in [2.05, 4.69) is 12.1 Å². The second-order valence-electron chi connectivity index (χ2n) is 3.22. The number of ketones is 1. The molecule has 0 radical (unpaired) electrons. The Morgan fingerprint density at radius 3 is 2.79 bits per heavy atom. The summed E-state index contributed by atoms with van der Waals surface area (Å²) >= 11 is 1.64. The highest BCUT2D eigenvalue weighted by Gasteiger charge is 2.21. The average Bonchev–Trinajstić information content (AvgIpc) is 2.44. The second kappa shape index (κ2) is 3.50. The molecule has 1 aliphatic heterocycles. The van der Waals surface area contributed by atoms with E-state index in [1.54, 1.807) is 24.8 Å². The van der Waals surface area contributed by atoms with Gasteiger partial charge in [-0.05, 0) is 19.1 Å². The van der Waals surface area contributed by atoms with Gasteiger partial charge in [-0.3, -0.25) is 4.79 Å². The molecule has 2 nitrogen and oxygen atoms in total. The molecule has 0 aliphatic carbocycles. The van der Waals surface area contributed by atoms with Crippen LogP contribution in [0.1, 0.15) is 6.92 Å². The Bertz CT molecular complexity index is 412. The predicted octanol–water partition coefficient (Wildman–Crippen LogP) is 2.66. The topological polar surface area (TPSA) is 20.3 Å². The lowest BCUT2D eigenvalue weighted by Crippen LogP contribution is -2.10. The molecule has 3 heteroatoms. The Labute approximate surface area is 87.6 Å². The average molecular weight is 205 g/mol. The highest BCUT2D eigenvalue weighted by molar-refractivity contribution is 8.03. The Balaban J connectivity index is 2.39. The van der Waals surface area contributed by atoms with E-state index in [1.807, 2.05) is 24.1 Å². The van der Waals surface area contributed by atoms with Gasteiger partial charge in [-0.25, -0.2) is 0 Å². The maximum atomic E-state index is 11.0. The summed E-state index contributed by atoms with van der Waals surface area (Å²) in [7, 11) is 1.98. The maximum absolute atomic E-state index is 11.0. The summed E-state index contributed by atoms with van der Waals surface area (Å²) < 4.78 is 0. The van der Waals surface area contributed by atoms with E-state index in [-0.39, 0.29) is 5.78 Å². The number of rotatable bonds is 1. The van der Waals surface area contributed by atoms with Gasteiger partial charge in [0.05, 0.1) is 10.7 Å². The number of allylic oxidation sites excluding steroid dienone is 1. The van der Waals surface area contributed by atoms with E-state index in [1.165, 1.54) is 10.6 Å². The lowest BCUT2D eigenvalue weighted by atomic mass is 10.3. The van der Waals surface area contributed by atoms with Gasteiger partial charge in [0.2, 0.25) is 0 Å². The molecule has 0 atom stereocenters. The smallest absolute Gasteiger partial charge is 0.155 e. The number of anilines is 1. The zero-order chi connectivity index (χ0) is 10.1. The summed E-state index contributed by atoms with van der Waals surface area (Å²) in [6.07, 6.45) is 1.67. The molecule has 0 saturated heterocycles. The van der Waals surface area contributed by atoms with E-state index < -0.39 is 0 Å². The molecule has 1 aromatic rings. The number of para-hydroxylation sites is 1. The highest BCUT2D eigenvalue weighted by Crippen LogP contribution is 2.44. The molecule has 2 rings (SSSR count). The van der Waals surface area contributed by atoms with Gasteiger partial charge in [0, 0.05) is 18.0 Å². The summed E-state index contributed by atoms with van der Waals surface area (Å²) in [4.78, 5) is 14.2. The van der Waals surface area contributed by atoms with E-state index in [0.29, 0.717) is 0 Å². The van der Waals surface area contributed by atoms with E-state index >= 15 is 0 Å². The summed E-state index contributed by atoms with van der Waals surface area (Å²) in [5.74, 6) is 0.0900. The standard InChI is InChI=1S/C11H11NOS/c1-8(13)7-11-12(2)9-5-3-4-6-10(9)14-11/h3-7H,1-2H3/b11-7-. The molecule has 0 N–H and O–H groups in total. The van der Waals surface area contributed by atoms with Crippen LogP contribution in [0, 0.1) is 0 Å². The summed E-state index contributed by atoms with van der Waals surface area (Å²) in [6, 6.07) is 8.14. The quantitative estimate of drug-likeness (QED) is 0.657. The van der Waals surface area contributed by atoms with Crippen LogP contribution in [0.25, 0.3) is 0 Å². The zero-order valence-corrected chi connectivity index (χ0v) is 8.97. The Hall–Kier alpha value is -1.22. The number of nitrogens with zero attached hydrogens (tertiary/aromatic N) is 1. The van der Waals surface area contributed by atoms with Crippen molar-refractivity contribution in [3.05, 3.63) is 35.4 Å². The number of hydrogen-bond donors (Lipinski definition) is 0. The molecule has 0 fully saturated rings. The van der Waals surface area contributed by atoms with E-state index in [9.17, 15) is 4.79 Å². The molecular weight excluding hydrogens is 194 g/mol. The van der Waals surface area contributed by atoms with Gasteiger partial charge in [0.15, 0.2) is 5.78 Å². The number of benzene rings is 1. The van der Waals surface area contributed by atoms with Crippen molar-refractivity contribution in [1.29, 1.82) is 0 Å². The number of carbonyl (C=O) groups excluding carboxylic acids is 1. The molecule has 0 saturated carbocycles. The van der Waals surface area contributed by atoms with Gasteiger partial charge in [-0.1, -0.05) is 23.9 Å². The van der Waals surface area contributed by atoms with Crippen LogP contribution >= 0.6 is 11.8 Å². The van der Waals surface area contributed by atoms with Crippen LogP contribution < -0.4 is 4.90 Å². The van der Waals surface area contributed by atoms with Gasteiger partial charge in [-0.15, -0.1) is 0 Å². The summed E-state index contributed by atoms with van der Waals surface area (Å²) in [5.41, 5.74) is 1.17. The minimum Gasteiger partial charge on any atom is -0.338 e. The van der Waals surface area contributed by atoms with Crippen molar-refractivity contribution in [2.45, 2.75) is 11.8 Å². The fraction of sp³-hybridized carbons (Fsp3) is 0.182. The molecule has 1 aliphatic rings. The monoisotopic (exact) mass is 205 g/mol. The van der Waals surface area contributed by atoms with Crippen LogP contribution in [0.3, 0.4) is 0 Å². The Morgan fingerprint density at radius 2 is 2.14 bits per heavy atom. The molecule has 14 heavy (non-hydrogen) atoms. The SMILES string of the molecule is CC(=O)/C=C1\Sc2ccccc2N1C. The zero-order valence-electron chi connectivity index (χ0n) is 8.15. The number of thioether (sulfide) groups is 1. The molecule has 1 aromatic carbocycles.